The van der Waals surface area contributed by atoms with Crippen LogP contribution in [0.1, 0.15) is 37.8 Å². The van der Waals surface area contributed by atoms with Gasteiger partial charge in [-0.2, -0.15) is 0 Å². The highest BCUT2D eigenvalue weighted by atomic mass is 35.5. The van der Waals surface area contributed by atoms with Crippen LogP contribution in [0.4, 0.5) is 0 Å². The van der Waals surface area contributed by atoms with E-state index in [0.29, 0.717) is 46.6 Å². The number of unbranched alkanes of at least 4 members (excludes halogenated alkanes) is 1. The fourth-order valence-corrected chi connectivity index (χ4v) is 3.09. The van der Waals surface area contributed by atoms with Crippen LogP contribution >= 0.6 is 11.6 Å². The summed E-state index contributed by atoms with van der Waals surface area (Å²) in [5, 5.41) is 0.412. The van der Waals surface area contributed by atoms with Crippen molar-refractivity contribution < 1.29 is 23.7 Å². The van der Waals surface area contributed by atoms with Gasteiger partial charge in [0.05, 0.1) is 25.3 Å². The summed E-state index contributed by atoms with van der Waals surface area (Å²) in [7, 11) is 1.59. The molecule has 0 spiro atoms. The maximum atomic E-state index is 12.3. The van der Waals surface area contributed by atoms with Crippen LogP contribution in [0, 0.1) is 0 Å². The second-order valence-electron chi connectivity index (χ2n) is 6.53. The van der Waals surface area contributed by atoms with Gasteiger partial charge in [0.25, 0.3) is 0 Å². The Morgan fingerprint density at radius 1 is 1.13 bits per heavy atom. The van der Waals surface area contributed by atoms with Crippen molar-refractivity contribution in [3.8, 4) is 17.2 Å². The number of cyclic esters (lactones) is 1. The maximum Gasteiger partial charge on any atom is 0.363 e. The van der Waals surface area contributed by atoms with Crippen LogP contribution in [0.3, 0.4) is 0 Å². The van der Waals surface area contributed by atoms with Crippen LogP contribution in [-0.2, 0) is 9.53 Å². The van der Waals surface area contributed by atoms with Crippen molar-refractivity contribution in [2.45, 2.75) is 26.7 Å². The van der Waals surface area contributed by atoms with E-state index in [1.54, 1.807) is 49.6 Å². The van der Waals surface area contributed by atoms with Gasteiger partial charge in [-0.1, -0.05) is 24.9 Å². The summed E-state index contributed by atoms with van der Waals surface area (Å²) in [5.41, 5.74) is 1.53. The van der Waals surface area contributed by atoms with E-state index in [1.165, 1.54) is 0 Å². The number of esters is 1. The molecule has 0 bridgehead atoms. The summed E-state index contributed by atoms with van der Waals surface area (Å²) < 4.78 is 21.9. The standard InChI is InChI=1S/C23H24ClNO5/c1-4-6-11-29-21-18(24)12-15(14-20(21)28-5-2)13-19-23(26)30-22(25-19)16-7-9-17(27-3)10-8-16/h7-10,12-14H,4-6,11H2,1-3H3/b19-13+. The molecule has 2 aromatic carbocycles. The van der Waals surface area contributed by atoms with Crippen molar-refractivity contribution in [1.29, 1.82) is 0 Å². The highest BCUT2D eigenvalue weighted by Crippen LogP contribution is 2.37. The van der Waals surface area contributed by atoms with Gasteiger partial charge in [-0.15, -0.1) is 0 Å². The molecule has 6 nitrogen and oxygen atoms in total. The minimum Gasteiger partial charge on any atom is -0.497 e. The predicted molar refractivity (Wildman–Crippen MR) is 117 cm³/mol. The Bertz CT molecular complexity index is 966. The molecule has 0 amide bonds. The lowest BCUT2D eigenvalue weighted by molar-refractivity contribution is -0.129. The first-order valence-corrected chi connectivity index (χ1v) is 10.2. The molecule has 1 aliphatic rings. The van der Waals surface area contributed by atoms with E-state index in [-0.39, 0.29) is 11.6 Å². The molecule has 0 atom stereocenters. The number of halogens is 1. The zero-order chi connectivity index (χ0) is 21.5. The van der Waals surface area contributed by atoms with Crippen LogP contribution in [0.15, 0.2) is 47.1 Å². The van der Waals surface area contributed by atoms with Crippen LogP contribution in [-0.4, -0.2) is 32.2 Å². The predicted octanol–water partition coefficient (Wildman–Crippen LogP) is 5.27. The lowest BCUT2D eigenvalue weighted by atomic mass is 10.1. The molecule has 0 saturated heterocycles. The van der Waals surface area contributed by atoms with E-state index in [0.717, 1.165) is 12.8 Å². The molecule has 158 valence electrons. The van der Waals surface area contributed by atoms with Gasteiger partial charge in [-0.05, 0) is 61.4 Å². The number of benzene rings is 2. The fraction of sp³-hybridized carbons (Fsp3) is 0.304. The third-order valence-corrected chi connectivity index (χ3v) is 4.62. The minimum atomic E-state index is -0.529. The topological polar surface area (TPSA) is 66.3 Å². The Hall–Kier alpha value is -2.99. The number of hydrogen-bond donors (Lipinski definition) is 0. The average Bonchev–Trinajstić information content (AvgIpc) is 3.10. The minimum absolute atomic E-state index is 0.180. The van der Waals surface area contributed by atoms with Gasteiger partial charge in [0, 0.05) is 5.56 Å². The first-order valence-electron chi connectivity index (χ1n) is 9.81. The molecular formula is C23H24ClNO5. The highest BCUT2D eigenvalue weighted by molar-refractivity contribution is 6.32. The second-order valence-corrected chi connectivity index (χ2v) is 6.94. The second kappa shape index (κ2) is 10.2. The molecule has 2 aromatic rings. The molecule has 0 aromatic heterocycles. The number of carbonyl (C=O) groups excluding carboxylic acids is 1. The molecule has 1 heterocycles. The first-order chi connectivity index (χ1) is 14.5. The zero-order valence-corrected chi connectivity index (χ0v) is 18.0. The van der Waals surface area contributed by atoms with E-state index in [9.17, 15) is 4.79 Å². The summed E-state index contributed by atoms with van der Waals surface area (Å²) in [6.07, 6.45) is 3.55. The van der Waals surface area contributed by atoms with Gasteiger partial charge in [-0.3, -0.25) is 0 Å². The van der Waals surface area contributed by atoms with Crippen molar-refractivity contribution in [1.82, 2.24) is 0 Å². The van der Waals surface area contributed by atoms with E-state index >= 15 is 0 Å². The van der Waals surface area contributed by atoms with Gasteiger partial charge < -0.3 is 18.9 Å². The molecule has 0 radical (unpaired) electrons. The smallest absolute Gasteiger partial charge is 0.363 e. The first kappa shape index (κ1) is 21.7. The summed E-state index contributed by atoms with van der Waals surface area (Å²) in [4.78, 5) is 16.6. The largest absolute Gasteiger partial charge is 0.497 e. The Balaban J connectivity index is 1.88. The molecule has 0 N–H and O–H groups in total. The Morgan fingerprint density at radius 3 is 2.57 bits per heavy atom. The summed E-state index contributed by atoms with van der Waals surface area (Å²) >= 11 is 6.43. The molecule has 0 unspecified atom stereocenters. The molecule has 0 saturated carbocycles. The zero-order valence-electron chi connectivity index (χ0n) is 17.2. The van der Waals surface area contributed by atoms with Crippen molar-refractivity contribution in [2.24, 2.45) is 4.99 Å². The number of carbonyl (C=O) groups is 1. The average molecular weight is 430 g/mol. The van der Waals surface area contributed by atoms with E-state index in [4.69, 9.17) is 30.5 Å². The molecule has 30 heavy (non-hydrogen) atoms. The quantitative estimate of drug-likeness (QED) is 0.308. The lowest BCUT2D eigenvalue weighted by Crippen LogP contribution is -2.05. The maximum absolute atomic E-state index is 12.3. The SMILES string of the molecule is CCCCOc1c(Cl)cc(/C=C2/N=C(c3ccc(OC)cc3)OC2=O)cc1OCC. The highest BCUT2D eigenvalue weighted by Gasteiger charge is 2.24. The normalized spacial score (nSPS) is 14.5. The summed E-state index contributed by atoms with van der Waals surface area (Å²) in [5.74, 6) is 1.45. The Kier molecular flexibility index (Phi) is 7.36. The van der Waals surface area contributed by atoms with Gasteiger partial charge in [0.2, 0.25) is 5.90 Å². The summed E-state index contributed by atoms with van der Waals surface area (Å²) in [6.45, 7) is 4.99. The molecule has 1 aliphatic heterocycles. The van der Waals surface area contributed by atoms with Crippen LogP contribution in [0.5, 0.6) is 17.2 Å². The van der Waals surface area contributed by atoms with Crippen LogP contribution in [0.25, 0.3) is 6.08 Å². The van der Waals surface area contributed by atoms with Gasteiger partial charge in [-0.25, -0.2) is 9.79 Å². The van der Waals surface area contributed by atoms with E-state index in [2.05, 4.69) is 11.9 Å². The number of nitrogens with zero attached hydrogens (tertiary/aromatic N) is 1. The Morgan fingerprint density at radius 2 is 1.90 bits per heavy atom. The van der Waals surface area contributed by atoms with Crippen molar-refractivity contribution in [2.75, 3.05) is 20.3 Å². The number of ether oxygens (including phenoxy) is 4. The van der Waals surface area contributed by atoms with Gasteiger partial charge in [0.15, 0.2) is 17.2 Å². The number of methoxy groups -OCH3 is 1. The van der Waals surface area contributed by atoms with Gasteiger partial charge >= 0.3 is 5.97 Å². The van der Waals surface area contributed by atoms with Crippen LogP contribution < -0.4 is 14.2 Å². The number of rotatable bonds is 9. The molecular weight excluding hydrogens is 406 g/mol. The Labute approximate surface area is 181 Å². The monoisotopic (exact) mass is 429 g/mol. The number of aliphatic imine (C=N–C) groups is 1. The van der Waals surface area contributed by atoms with Crippen molar-refractivity contribution in [3.63, 3.8) is 0 Å². The molecule has 0 fully saturated rings. The third-order valence-electron chi connectivity index (χ3n) is 4.34. The van der Waals surface area contributed by atoms with E-state index < -0.39 is 5.97 Å². The fourth-order valence-electron chi connectivity index (χ4n) is 2.82. The lowest BCUT2D eigenvalue weighted by Gasteiger charge is -2.14. The van der Waals surface area contributed by atoms with Crippen molar-refractivity contribution in [3.05, 3.63) is 58.2 Å². The van der Waals surface area contributed by atoms with E-state index in [1.807, 2.05) is 6.92 Å². The summed E-state index contributed by atoms with van der Waals surface area (Å²) in [6, 6.07) is 10.6. The molecule has 7 heteroatoms. The van der Waals surface area contributed by atoms with Crippen molar-refractivity contribution >= 4 is 29.5 Å². The number of hydrogen-bond acceptors (Lipinski definition) is 6. The van der Waals surface area contributed by atoms with Gasteiger partial charge in [0.1, 0.15) is 5.75 Å². The third kappa shape index (κ3) is 5.13. The molecule has 0 aliphatic carbocycles. The van der Waals surface area contributed by atoms with Crippen LogP contribution in [0.2, 0.25) is 5.02 Å². The molecule has 3 rings (SSSR count).